The molecule has 4 aromatic rings. The van der Waals surface area contributed by atoms with Crippen LogP contribution in [0.25, 0.3) is 33.9 Å². The second-order valence-electron chi connectivity index (χ2n) is 5.77. The van der Waals surface area contributed by atoms with Crippen LogP contribution in [0, 0.1) is 0 Å². The zero-order chi connectivity index (χ0) is 17.2. The van der Waals surface area contributed by atoms with E-state index in [1.807, 2.05) is 54.6 Å². The fraction of sp³-hybridized carbons (Fsp3) is 0. The highest BCUT2D eigenvalue weighted by atomic mass is 16.3. The Morgan fingerprint density at radius 3 is 1.76 bits per heavy atom. The first-order valence-corrected chi connectivity index (χ1v) is 7.95. The maximum Gasteiger partial charge on any atom is 0.138 e. The highest BCUT2D eigenvalue weighted by molar-refractivity contribution is 5.81. The molecule has 0 aliphatic rings. The van der Waals surface area contributed by atoms with Gasteiger partial charge in [-0.3, -0.25) is 0 Å². The van der Waals surface area contributed by atoms with E-state index in [0.29, 0.717) is 0 Å². The molecule has 25 heavy (non-hydrogen) atoms. The Bertz CT molecular complexity index is 926. The third-order valence-electron chi connectivity index (χ3n) is 4.05. The van der Waals surface area contributed by atoms with Gasteiger partial charge in [-0.05, 0) is 48.5 Å². The van der Waals surface area contributed by atoms with Crippen molar-refractivity contribution in [2.75, 3.05) is 0 Å². The maximum absolute atomic E-state index is 9.55. The van der Waals surface area contributed by atoms with Crippen LogP contribution in [0.15, 0.2) is 78.9 Å². The molecule has 4 rings (SSSR count). The molecule has 0 unspecified atom stereocenters. The molecule has 0 spiro atoms. The number of imidazole rings is 1. The molecule has 0 atom stereocenters. The number of benzene rings is 3. The summed E-state index contributed by atoms with van der Waals surface area (Å²) in [6.07, 6.45) is 0. The summed E-state index contributed by atoms with van der Waals surface area (Å²) < 4.78 is 0. The number of nitrogens with one attached hydrogen (secondary N) is 1. The second-order valence-corrected chi connectivity index (χ2v) is 5.77. The van der Waals surface area contributed by atoms with E-state index < -0.39 is 0 Å². The Hall–Kier alpha value is -3.53. The van der Waals surface area contributed by atoms with Gasteiger partial charge in [-0.2, -0.15) is 0 Å². The van der Waals surface area contributed by atoms with Crippen LogP contribution in [0.3, 0.4) is 0 Å². The molecule has 122 valence electrons. The number of hydrogen-bond acceptors (Lipinski definition) is 3. The fourth-order valence-electron chi connectivity index (χ4n) is 2.77. The van der Waals surface area contributed by atoms with Crippen LogP contribution in [0.5, 0.6) is 11.5 Å². The van der Waals surface area contributed by atoms with Gasteiger partial charge in [0.1, 0.15) is 17.3 Å². The molecular formula is C21H16N2O2. The normalized spacial score (nSPS) is 10.7. The quantitative estimate of drug-likeness (QED) is 0.505. The van der Waals surface area contributed by atoms with Gasteiger partial charge in [0.2, 0.25) is 0 Å². The lowest BCUT2D eigenvalue weighted by Gasteiger charge is -2.04. The highest BCUT2D eigenvalue weighted by Crippen LogP contribution is 2.34. The van der Waals surface area contributed by atoms with Gasteiger partial charge in [-0.1, -0.05) is 30.3 Å². The van der Waals surface area contributed by atoms with Crippen molar-refractivity contribution in [2.45, 2.75) is 0 Å². The first-order chi connectivity index (χ1) is 12.2. The Morgan fingerprint density at radius 2 is 1.16 bits per heavy atom. The van der Waals surface area contributed by atoms with Crippen molar-refractivity contribution >= 4 is 0 Å². The molecular weight excluding hydrogens is 312 g/mol. The standard InChI is InChI=1S/C21H16N2O2/c24-17-10-6-14(7-11-17)19-20(15-8-12-18(25)13-9-15)23-21(22-19)16-4-2-1-3-5-16/h1-13,24-25H,(H,22,23). The van der Waals surface area contributed by atoms with E-state index in [1.165, 1.54) is 0 Å². The first kappa shape index (κ1) is 15.0. The molecule has 0 saturated carbocycles. The summed E-state index contributed by atoms with van der Waals surface area (Å²) in [5.74, 6) is 1.21. The zero-order valence-corrected chi connectivity index (χ0v) is 13.3. The average Bonchev–Trinajstić information content (AvgIpc) is 3.09. The largest absolute Gasteiger partial charge is 0.508 e. The van der Waals surface area contributed by atoms with Crippen LogP contribution in [-0.4, -0.2) is 20.2 Å². The molecule has 4 nitrogen and oxygen atoms in total. The minimum Gasteiger partial charge on any atom is -0.508 e. The number of nitrogens with zero attached hydrogens (tertiary/aromatic N) is 1. The predicted molar refractivity (Wildman–Crippen MR) is 98.2 cm³/mol. The van der Waals surface area contributed by atoms with E-state index in [9.17, 15) is 10.2 Å². The molecule has 0 bridgehead atoms. The molecule has 1 aromatic heterocycles. The summed E-state index contributed by atoms with van der Waals surface area (Å²) in [6, 6.07) is 23.9. The molecule has 3 N–H and O–H groups in total. The third kappa shape index (κ3) is 2.97. The minimum atomic E-state index is 0.216. The zero-order valence-electron chi connectivity index (χ0n) is 13.3. The topological polar surface area (TPSA) is 69.1 Å². The number of aromatic nitrogens is 2. The molecule has 1 heterocycles. The molecule has 4 heteroatoms. The molecule has 0 saturated heterocycles. The number of phenols is 2. The van der Waals surface area contributed by atoms with Gasteiger partial charge in [0.05, 0.1) is 11.4 Å². The van der Waals surface area contributed by atoms with E-state index in [4.69, 9.17) is 4.98 Å². The van der Waals surface area contributed by atoms with Crippen molar-refractivity contribution in [2.24, 2.45) is 0 Å². The van der Waals surface area contributed by atoms with Crippen LogP contribution >= 0.6 is 0 Å². The van der Waals surface area contributed by atoms with Crippen molar-refractivity contribution < 1.29 is 10.2 Å². The Morgan fingerprint density at radius 1 is 0.600 bits per heavy atom. The predicted octanol–water partition coefficient (Wildman–Crippen LogP) is 4.82. The number of aromatic amines is 1. The first-order valence-electron chi connectivity index (χ1n) is 7.95. The Balaban J connectivity index is 1.89. The summed E-state index contributed by atoms with van der Waals surface area (Å²) in [5.41, 5.74) is 4.48. The number of H-pyrrole nitrogens is 1. The smallest absolute Gasteiger partial charge is 0.138 e. The summed E-state index contributed by atoms with van der Waals surface area (Å²) in [5, 5.41) is 19.1. The van der Waals surface area contributed by atoms with Gasteiger partial charge in [-0.25, -0.2) is 4.98 Å². The lowest BCUT2D eigenvalue weighted by Crippen LogP contribution is -1.83. The second kappa shape index (κ2) is 6.17. The van der Waals surface area contributed by atoms with Gasteiger partial charge in [0.15, 0.2) is 0 Å². The van der Waals surface area contributed by atoms with Crippen LogP contribution in [0.1, 0.15) is 0 Å². The van der Waals surface area contributed by atoms with Crippen molar-refractivity contribution in [3.63, 3.8) is 0 Å². The Labute approximate surface area is 145 Å². The summed E-state index contributed by atoms with van der Waals surface area (Å²) >= 11 is 0. The van der Waals surface area contributed by atoms with E-state index in [-0.39, 0.29) is 11.5 Å². The number of aromatic hydroxyl groups is 2. The Kier molecular flexibility index (Phi) is 3.71. The van der Waals surface area contributed by atoms with E-state index >= 15 is 0 Å². The molecule has 3 aromatic carbocycles. The van der Waals surface area contributed by atoms with E-state index in [2.05, 4.69) is 4.98 Å². The van der Waals surface area contributed by atoms with Crippen molar-refractivity contribution in [3.8, 4) is 45.4 Å². The van der Waals surface area contributed by atoms with Gasteiger partial charge in [0.25, 0.3) is 0 Å². The molecule has 0 fully saturated rings. The van der Waals surface area contributed by atoms with Crippen molar-refractivity contribution in [3.05, 3.63) is 78.9 Å². The van der Waals surface area contributed by atoms with Crippen molar-refractivity contribution in [1.29, 1.82) is 0 Å². The number of rotatable bonds is 3. The van der Waals surface area contributed by atoms with E-state index in [1.54, 1.807) is 24.3 Å². The van der Waals surface area contributed by atoms with Crippen LogP contribution in [0.4, 0.5) is 0 Å². The maximum atomic E-state index is 9.55. The lowest BCUT2D eigenvalue weighted by atomic mass is 10.0. The number of hydrogen-bond donors (Lipinski definition) is 3. The van der Waals surface area contributed by atoms with Gasteiger partial charge in [0, 0.05) is 16.7 Å². The van der Waals surface area contributed by atoms with Crippen LogP contribution < -0.4 is 0 Å². The monoisotopic (exact) mass is 328 g/mol. The fourth-order valence-corrected chi connectivity index (χ4v) is 2.77. The highest BCUT2D eigenvalue weighted by Gasteiger charge is 2.15. The van der Waals surface area contributed by atoms with Gasteiger partial charge >= 0.3 is 0 Å². The third-order valence-corrected chi connectivity index (χ3v) is 4.05. The molecule has 0 aliphatic carbocycles. The van der Waals surface area contributed by atoms with Crippen LogP contribution in [-0.2, 0) is 0 Å². The lowest BCUT2D eigenvalue weighted by molar-refractivity contribution is 0.475. The van der Waals surface area contributed by atoms with Crippen molar-refractivity contribution in [1.82, 2.24) is 9.97 Å². The summed E-state index contributed by atoms with van der Waals surface area (Å²) in [7, 11) is 0. The summed E-state index contributed by atoms with van der Waals surface area (Å²) in [6.45, 7) is 0. The molecule has 0 aliphatic heterocycles. The number of phenolic OH excluding ortho intramolecular Hbond substituents is 2. The molecule has 0 radical (unpaired) electrons. The summed E-state index contributed by atoms with van der Waals surface area (Å²) in [4.78, 5) is 8.17. The SMILES string of the molecule is Oc1ccc(-c2nc(-c3ccccc3)[nH]c2-c2ccc(O)cc2)cc1. The van der Waals surface area contributed by atoms with Gasteiger partial charge in [-0.15, -0.1) is 0 Å². The minimum absolute atomic E-state index is 0.216. The molecule has 0 amide bonds. The van der Waals surface area contributed by atoms with Crippen LogP contribution in [0.2, 0.25) is 0 Å². The average molecular weight is 328 g/mol. The van der Waals surface area contributed by atoms with Gasteiger partial charge < -0.3 is 15.2 Å². The van der Waals surface area contributed by atoms with E-state index in [0.717, 1.165) is 33.9 Å².